The van der Waals surface area contributed by atoms with Crippen LogP contribution < -0.4 is 10.6 Å². The van der Waals surface area contributed by atoms with Gasteiger partial charge in [-0.2, -0.15) is 0 Å². The molecule has 0 aliphatic heterocycles. The summed E-state index contributed by atoms with van der Waals surface area (Å²) in [5, 5.41) is 9.64. The molecular weight excluding hydrogens is 350 g/mol. The third-order valence-electron chi connectivity index (χ3n) is 3.22. The van der Waals surface area contributed by atoms with E-state index in [4.69, 9.17) is 16.1 Å². The summed E-state index contributed by atoms with van der Waals surface area (Å²) >= 11 is 7.56. The van der Waals surface area contributed by atoms with Gasteiger partial charge in [-0.05, 0) is 32.0 Å². The first-order chi connectivity index (χ1) is 11.4. The largest absolute Gasteiger partial charge is 0.361 e. The fourth-order valence-electron chi connectivity index (χ4n) is 2.03. The molecule has 1 heterocycles. The molecule has 2 rings (SSSR count). The molecule has 0 unspecified atom stereocenters. The summed E-state index contributed by atoms with van der Waals surface area (Å²) in [5.41, 5.74) is 2.96. The molecule has 0 fully saturated rings. The minimum Gasteiger partial charge on any atom is -0.361 e. The third kappa shape index (κ3) is 5.01. The van der Waals surface area contributed by atoms with Crippen LogP contribution in [0.3, 0.4) is 0 Å². The Bertz CT molecular complexity index is 742. The van der Waals surface area contributed by atoms with Crippen molar-refractivity contribution in [3.63, 3.8) is 0 Å². The zero-order valence-electron chi connectivity index (χ0n) is 13.6. The van der Waals surface area contributed by atoms with Gasteiger partial charge in [0.25, 0.3) is 0 Å². The van der Waals surface area contributed by atoms with Crippen molar-refractivity contribution < 1.29 is 14.1 Å². The molecule has 0 spiro atoms. The van der Waals surface area contributed by atoms with Crippen molar-refractivity contribution in [2.75, 3.05) is 16.4 Å². The predicted octanol–water partition coefficient (Wildman–Crippen LogP) is 3.78. The van der Waals surface area contributed by atoms with Crippen molar-refractivity contribution in [3.8, 4) is 0 Å². The van der Waals surface area contributed by atoms with Crippen LogP contribution in [0.15, 0.2) is 22.7 Å². The smallest absolute Gasteiger partial charge is 0.234 e. The van der Waals surface area contributed by atoms with Crippen molar-refractivity contribution in [2.45, 2.75) is 26.5 Å². The van der Waals surface area contributed by atoms with Crippen LogP contribution in [0.5, 0.6) is 0 Å². The van der Waals surface area contributed by atoms with E-state index in [-0.39, 0.29) is 11.8 Å². The van der Waals surface area contributed by atoms with E-state index in [1.54, 1.807) is 18.2 Å². The molecule has 0 saturated carbocycles. The summed E-state index contributed by atoms with van der Waals surface area (Å²) in [6.45, 7) is 5.14. The Hall–Kier alpha value is -1.99. The van der Waals surface area contributed by atoms with Gasteiger partial charge in [0.1, 0.15) is 5.76 Å². The van der Waals surface area contributed by atoms with Crippen LogP contribution in [0, 0.1) is 13.8 Å². The number of hydrogen-bond donors (Lipinski definition) is 2. The lowest BCUT2D eigenvalue weighted by Crippen LogP contribution is -2.14. The summed E-state index contributed by atoms with van der Waals surface area (Å²) in [5.74, 6) is 1.41. The molecule has 0 aliphatic rings. The third-order valence-corrected chi connectivity index (χ3v) is 4.50. The monoisotopic (exact) mass is 367 g/mol. The SMILES string of the molecule is CC(=O)Nc1ccc(NC(=O)CSCc2c(C)noc2C)cc1Cl. The van der Waals surface area contributed by atoms with Gasteiger partial charge < -0.3 is 15.2 Å². The highest BCUT2D eigenvalue weighted by molar-refractivity contribution is 7.99. The Morgan fingerprint density at radius 3 is 2.62 bits per heavy atom. The Morgan fingerprint density at radius 1 is 1.29 bits per heavy atom. The molecule has 8 heteroatoms. The standard InChI is InChI=1S/C16H18ClN3O3S/c1-9-13(10(2)23-20-9)7-24-8-16(22)19-12-4-5-15(14(17)6-12)18-11(3)21/h4-6H,7-8H2,1-3H3,(H,18,21)(H,19,22). The lowest BCUT2D eigenvalue weighted by atomic mass is 10.2. The van der Waals surface area contributed by atoms with Crippen molar-refractivity contribution >= 4 is 46.6 Å². The maximum Gasteiger partial charge on any atom is 0.234 e. The second kappa shape index (κ2) is 8.21. The molecule has 0 radical (unpaired) electrons. The fraction of sp³-hybridized carbons (Fsp3) is 0.312. The van der Waals surface area contributed by atoms with Gasteiger partial charge in [-0.25, -0.2) is 0 Å². The fourth-order valence-corrected chi connectivity index (χ4v) is 3.24. The maximum absolute atomic E-state index is 12.0. The van der Waals surface area contributed by atoms with E-state index < -0.39 is 0 Å². The molecule has 0 bridgehead atoms. The topological polar surface area (TPSA) is 84.2 Å². The number of nitrogens with one attached hydrogen (secondary N) is 2. The van der Waals surface area contributed by atoms with E-state index in [0.717, 1.165) is 17.0 Å². The molecule has 0 saturated heterocycles. The van der Waals surface area contributed by atoms with Crippen molar-refractivity contribution in [1.82, 2.24) is 5.16 Å². The zero-order chi connectivity index (χ0) is 17.7. The van der Waals surface area contributed by atoms with E-state index >= 15 is 0 Å². The van der Waals surface area contributed by atoms with Gasteiger partial charge in [0.2, 0.25) is 11.8 Å². The Morgan fingerprint density at radius 2 is 2.04 bits per heavy atom. The molecule has 6 nitrogen and oxygen atoms in total. The number of hydrogen-bond acceptors (Lipinski definition) is 5. The van der Waals surface area contributed by atoms with Crippen LogP contribution in [0.25, 0.3) is 0 Å². The van der Waals surface area contributed by atoms with Gasteiger partial charge in [0.05, 0.1) is 22.2 Å². The van der Waals surface area contributed by atoms with E-state index in [2.05, 4.69) is 15.8 Å². The van der Waals surface area contributed by atoms with Gasteiger partial charge in [0.15, 0.2) is 0 Å². The average Bonchev–Trinajstić information content (AvgIpc) is 2.81. The molecular formula is C16H18ClN3O3S. The number of carbonyl (C=O) groups is 2. The number of rotatable bonds is 6. The van der Waals surface area contributed by atoms with Gasteiger partial charge in [-0.1, -0.05) is 16.8 Å². The minimum atomic E-state index is -0.204. The van der Waals surface area contributed by atoms with E-state index in [1.807, 2.05) is 13.8 Å². The molecule has 2 amide bonds. The highest BCUT2D eigenvalue weighted by Gasteiger charge is 2.11. The molecule has 2 aromatic rings. The number of aromatic nitrogens is 1. The van der Waals surface area contributed by atoms with Gasteiger partial charge in [-0.3, -0.25) is 9.59 Å². The summed E-state index contributed by atoms with van der Waals surface area (Å²) in [6, 6.07) is 4.94. The van der Waals surface area contributed by atoms with Crippen LogP contribution in [0.4, 0.5) is 11.4 Å². The number of nitrogens with zero attached hydrogens (tertiary/aromatic N) is 1. The molecule has 1 aromatic heterocycles. The number of benzene rings is 1. The molecule has 1 aromatic carbocycles. The second-order valence-corrected chi connectivity index (χ2v) is 6.61. The Kier molecular flexibility index (Phi) is 6.28. The van der Waals surface area contributed by atoms with E-state index in [1.165, 1.54) is 18.7 Å². The average molecular weight is 368 g/mol. The Balaban J connectivity index is 1.86. The van der Waals surface area contributed by atoms with Crippen LogP contribution in [0.1, 0.15) is 23.9 Å². The summed E-state index contributed by atoms with van der Waals surface area (Å²) in [7, 11) is 0. The van der Waals surface area contributed by atoms with E-state index in [0.29, 0.717) is 27.9 Å². The van der Waals surface area contributed by atoms with Crippen molar-refractivity contribution in [3.05, 3.63) is 40.2 Å². The van der Waals surface area contributed by atoms with E-state index in [9.17, 15) is 9.59 Å². The zero-order valence-corrected chi connectivity index (χ0v) is 15.2. The summed E-state index contributed by atoms with van der Waals surface area (Å²) < 4.78 is 5.09. The first kappa shape index (κ1) is 18.4. The lowest BCUT2D eigenvalue weighted by molar-refractivity contribution is -0.114. The lowest BCUT2D eigenvalue weighted by Gasteiger charge is -2.09. The van der Waals surface area contributed by atoms with Gasteiger partial charge >= 0.3 is 0 Å². The number of thioether (sulfide) groups is 1. The van der Waals surface area contributed by atoms with Crippen molar-refractivity contribution in [1.29, 1.82) is 0 Å². The minimum absolute atomic E-state index is 0.130. The molecule has 0 aliphatic carbocycles. The number of carbonyl (C=O) groups excluding carboxylic acids is 2. The molecule has 128 valence electrons. The van der Waals surface area contributed by atoms with Gasteiger partial charge in [-0.15, -0.1) is 11.8 Å². The number of halogens is 1. The number of amides is 2. The van der Waals surface area contributed by atoms with Crippen LogP contribution in [-0.4, -0.2) is 22.7 Å². The second-order valence-electron chi connectivity index (χ2n) is 5.22. The maximum atomic E-state index is 12.0. The van der Waals surface area contributed by atoms with Crippen LogP contribution in [0.2, 0.25) is 5.02 Å². The Labute approximate surface area is 149 Å². The first-order valence-electron chi connectivity index (χ1n) is 7.23. The predicted molar refractivity (Wildman–Crippen MR) is 96.5 cm³/mol. The number of anilines is 2. The van der Waals surface area contributed by atoms with Crippen LogP contribution >= 0.6 is 23.4 Å². The summed E-state index contributed by atoms with van der Waals surface area (Å²) in [6.07, 6.45) is 0. The first-order valence-corrected chi connectivity index (χ1v) is 8.76. The number of aryl methyl sites for hydroxylation is 2. The molecule has 2 N–H and O–H groups in total. The van der Waals surface area contributed by atoms with Gasteiger partial charge in [0, 0.05) is 23.9 Å². The highest BCUT2D eigenvalue weighted by atomic mass is 35.5. The normalized spacial score (nSPS) is 10.5. The van der Waals surface area contributed by atoms with Crippen LogP contribution in [-0.2, 0) is 15.3 Å². The summed E-state index contributed by atoms with van der Waals surface area (Å²) in [4.78, 5) is 23.0. The molecule has 0 atom stereocenters. The highest BCUT2D eigenvalue weighted by Crippen LogP contribution is 2.26. The van der Waals surface area contributed by atoms with Crippen molar-refractivity contribution in [2.24, 2.45) is 0 Å². The quantitative estimate of drug-likeness (QED) is 0.811. The molecule has 24 heavy (non-hydrogen) atoms.